The van der Waals surface area contributed by atoms with E-state index in [-0.39, 0.29) is 18.9 Å². The van der Waals surface area contributed by atoms with Crippen LogP contribution in [0.1, 0.15) is 57.6 Å². The molecule has 0 radical (unpaired) electrons. The van der Waals surface area contributed by atoms with E-state index in [0.29, 0.717) is 23.3 Å². The van der Waals surface area contributed by atoms with E-state index in [1.165, 1.54) is 0 Å². The van der Waals surface area contributed by atoms with Crippen molar-refractivity contribution in [3.05, 3.63) is 48.0 Å². The fraction of sp³-hybridized carbons (Fsp3) is 0.520. The van der Waals surface area contributed by atoms with Crippen molar-refractivity contribution in [2.45, 2.75) is 59.0 Å². The molecule has 0 aliphatic heterocycles. The first-order valence-electron chi connectivity index (χ1n) is 10.1. The van der Waals surface area contributed by atoms with Gasteiger partial charge in [0.1, 0.15) is 6.10 Å². The second kappa shape index (κ2) is 9.61. The molecular weight excluding hydrogens is 346 g/mol. The van der Waals surface area contributed by atoms with Crippen molar-refractivity contribution in [2.24, 2.45) is 23.2 Å². The zero-order chi connectivity index (χ0) is 20.7. The Morgan fingerprint density at radius 3 is 2.75 bits per heavy atom. The highest BCUT2D eigenvalue weighted by molar-refractivity contribution is 5.81. The lowest BCUT2D eigenvalue weighted by molar-refractivity contribution is -0.165. The molecule has 1 aromatic rings. The van der Waals surface area contributed by atoms with Gasteiger partial charge < -0.3 is 4.74 Å². The number of hydrogen-bond donors (Lipinski definition) is 0. The molecule has 0 spiro atoms. The van der Waals surface area contributed by atoms with Crippen molar-refractivity contribution in [2.75, 3.05) is 0 Å². The fourth-order valence-electron chi connectivity index (χ4n) is 4.25. The zero-order valence-corrected chi connectivity index (χ0v) is 17.3. The highest BCUT2D eigenvalue weighted by atomic mass is 16.5. The maximum atomic E-state index is 13.3. The van der Waals surface area contributed by atoms with Gasteiger partial charge in [0.25, 0.3) is 0 Å². The normalized spacial score (nSPS) is 23.9. The van der Waals surface area contributed by atoms with Crippen molar-refractivity contribution < 1.29 is 9.53 Å². The number of rotatable bonds is 7. The average Bonchev–Trinajstić information content (AvgIpc) is 2.67. The second-order valence-corrected chi connectivity index (χ2v) is 8.43. The topological polar surface area (TPSA) is 50.1 Å². The van der Waals surface area contributed by atoms with Crippen LogP contribution in [0.25, 0.3) is 0 Å². The highest BCUT2D eigenvalue weighted by Gasteiger charge is 2.43. The average molecular weight is 378 g/mol. The van der Waals surface area contributed by atoms with Crippen molar-refractivity contribution in [3.63, 3.8) is 0 Å². The summed E-state index contributed by atoms with van der Waals surface area (Å²) in [5.41, 5.74) is 0.199. The number of terminal acetylenes is 1. The summed E-state index contributed by atoms with van der Waals surface area (Å²) < 4.78 is 6.03. The molecule has 4 atom stereocenters. The maximum Gasteiger partial charge on any atom is 0.327 e. The van der Waals surface area contributed by atoms with E-state index in [0.717, 1.165) is 24.8 Å². The number of nitrogens with zero attached hydrogens (tertiary/aromatic N) is 1. The number of hydrogen-bond acceptors (Lipinski definition) is 3. The number of allylic oxidation sites excluding steroid dienone is 1. The van der Waals surface area contributed by atoms with E-state index in [1.807, 2.05) is 24.3 Å². The molecule has 3 heteroatoms. The van der Waals surface area contributed by atoms with Crippen molar-refractivity contribution >= 4 is 5.97 Å². The summed E-state index contributed by atoms with van der Waals surface area (Å²) in [6.45, 7) is 10.3. The Kier molecular flexibility index (Phi) is 7.47. The number of esters is 1. The van der Waals surface area contributed by atoms with Crippen molar-refractivity contribution in [1.82, 2.24) is 0 Å². The zero-order valence-electron chi connectivity index (χ0n) is 17.3. The van der Waals surface area contributed by atoms with Gasteiger partial charge in [0.05, 0.1) is 6.07 Å². The van der Waals surface area contributed by atoms with Gasteiger partial charge >= 0.3 is 5.97 Å². The van der Waals surface area contributed by atoms with E-state index in [9.17, 15) is 10.1 Å². The largest absolute Gasteiger partial charge is 0.461 e. The minimum Gasteiger partial charge on any atom is -0.461 e. The predicted octanol–water partition coefficient (Wildman–Crippen LogP) is 5.30. The highest BCUT2D eigenvalue weighted by Crippen LogP contribution is 2.38. The summed E-state index contributed by atoms with van der Waals surface area (Å²) in [6, 6.07) is 9.67. The molecule has 1 saturated carbocycles. The monoisotopic (exact) mass is 377 g/mol. The third-order valence-corrected chi connectivity index (χ3v) is 5.98. The van der Waals surface area contributed by atoms with Crippen LogP contribution in [0.4, 0.5) is 0 Å². The molecule has 0 N–H and O–H groups in total. The first kappa shape index (κ1) is 21.8. The van der Waals surface area contributed by atoms with Gasteiger partial charge in [0, 0.05) is 12.0 Å². The molecule has 1 fully saturated rings. The first-order chi connectivity index (χ1) is 13.4. The van der Waals surface area contributed by atoms with Crippen LogP contribution >= 0.6 is 0 Å². The van der Waals surface area contributed by atoms with Gasteiger partial charge in [-0.3, -0.25) is 4.79 Å². The Balaban J connectivity index is 2.31. The molecular formula is C25H31NO2. The third kappa shape index (κ3) is 4.85. The van der Waals surface area contributed by atoms with Crippen molar-refractivity contribution in [3.8, 4) is 18.4 Å². The molecule has 2 rings (SSSR count). The van der Waals surface area contributed by atoms with Crippen LogP contribution in [-0.4, -0.2) is 12.1 Å². The summed E-state index contributed by atoms with van der Waals surface area (Å²) in [5, 5.41) is 10.0. The van der Waals surface area contributed by atoms with E-state index in [1.54, 1.807) is 6.08 Å². The van der Waals surface area contributed by atoms with Gasteiger partial charge in [-0.15, -0.1) is 13.0 Å². The molecule has 148 valence electrons. The van der Waals surface area contributed by atoms with Gasteiger partial charge in [-0.05, 0) is 48.6 Å². The standard InChI is InChI=1S/C25H31NO2/c1-6-14-25(17-26,16-21-11-9-8-10-20(21)7-2)24(27)28-23-15-19(5)12-13-22(23)18(3)4/h2,6,8-11,18-19,22-23H,1,12-16H2,3-5H3/t19-,22+,23-,25?/m1/s1. The molecule has 0 saturated heterocycles. The lowest BCUT2D eigenvalue weighted by atomic mass is 9.75. The third-order valence-electron chi connectivity index (χ3n) is 5.98. The molecule has 3 nitrogen and oxygen atoms in total. The molecule has 1 unspecified atom stereocenters. The van der Waals surface area contributed by atoms with E-state index < -0.39 is 11.4 Å². The number of ether oxygens (including phenoxy) is 1. The molecule has 0 heterocycles. The number of carbonyl (C=O) groups is 1. The smallest absolute Gasteiger partial charge is 0.327 e. The second-order valence-electron chi connectivity index (χ2n) is 8.43. The summed E-state index contributed by atoms with van der Waals surface area (Å²) in [5.74, 6) is 3.48. The van der Waals surface area contributed by atoms with Crippen LogP contribution in [0.5, 0.6) is 0 Å². The first-order valence-corrected chi connectivity index (χ1v) is 10.1. The molecule has 0 amide bonds. The maximum absolute atomic E-state index is 13.3. The van der Waals surface area contributed by atoms with E-state index in [2.05, 4.69) is 39.3 Å². The molecule has 1 aliphatic carbocycles. The fourth-order valence-corrected chi connectivity index (χ4v) is 4.25. The molecule has 1 aliphatic rings. The quantitative estimate of drug-likeness (QED) is 0.368. The van der Waals surface area contributed by atoms with Crippen LogP contribution in [0, 0.1) is 46.8 Å². The number of nitriles is 1. The Hall–Kier alpha value is -2.52. The molecule has 1 aromatic carbocycles. The van der Waals surface area contributed by atoms with Gasteiger partial charge in [0.15, 0.2) is 5.41 Å². The predicted molar refractivity (Wildman–Crippen MR) is 112 cm³/mol. The van der Waals surface area contributed by atoms with Crippen molar-refractivity contribution in [1.29, 1.82) is 5.26 Å². The van der Waals surface area contributed by atoms with Gasteiger partial charge in [-0.1, -0.05) is 57.4 Å². The van der Waals surface area contributed by atoms with Gasteiger partial charge in [-0.25, -0.2) is 0 Å². The Labute approximate surface area is 169 Å². The minimum atomic E-state index is -1.31. The minimum absolute atomic E-state index is 0.142. The summed E-state index contributed by atoms with van der Waals surface area (Å²) in [6.07, 6.45) is 10.6. The van der Waals surface area contributed by atoms with E-state index in [4.69, 9.17) is 11.2 Å². The van der Waals surface area contributed by atoms with Crippen LogP contribution in [0.3, 0.4) is 0 Å². The Bertz CT molecular complexity index is 782. The van der Waals surface area contributed by atoms with Gasteiger partial charge in [-0.2, -0.15) is 5.26 Å². The molecule has 0 bridgehead atoms. The number of benzene rings is 1. The van der Waals surface area contributed by atoms with Crippen LogP contribution in [-0.2, 0) is 16.0 Å². The Morgan fingerprint density at radius 1 is 1.43 bits per heavy atom. The SMILES string of the molecule is C#Cc1ccccc1CC(C#N)(CC=C)C(=O)O[C@@H]1C[C@H](C)CC[C@H]1C(C)C. The van der Waals surface area contributed by atoms with E-state index >= 15 is 0 Å². The van der Waals surface area contributed by atoms with Gasteiger partial charge in [0.2, 0.25) is 0 Å². The summed E-state index contributed by atoms with van der Waals surface area (Å²) in [7, 11) is 0. The lowest BCUT2D eigenvalue weighted by Gasteiger charge is -2.38. The summed E-state index contributed by atoms with van der Waals surface area (Å²) >= 11 is 0. The Morgan fingerprint density at radius 2 is 2.14 bits per heavy atom. The summed E-state index contributed by atoms with van der Waals surface area (Å²) in [4.78, 5) is 13.3. The molecule has 28 heavy (non-hydrogen) atoms. The lowest BCUT2D eigenvalue weighted by Crippen LogP contribution is -2.41. The van der Waals surface area contributed by atoms with Crippen LogP contribution in [0.2, 0.25) is 0 Å². The number of carbonyl (C=O) groups excluding carboxylic acids is 1. The molecule has 0 aromatic heterocycles. The van der Waals surface area contributed by atoms with Crippen LogP contribution in [0.15, 0.2) is 36.9 Å². The van der Waals surface area contributed by atoms with Crippen LogP contribution < -0.4 is 0 Å².